The van der Waals surface area contributed by atoms with Crippen LogP contribution >= 0.6 is 15.9 Å². The van der Waals surface area contributed by atoms with Crippen molar-refractivity contribution in [1.82, 2.24) is 5.32 Å². The maximum Gasteiger partial charge on any atom is 0.258 e. The van der Waals surface area contributed by atoms with Gasteiger partial charge in [-0.25, -0.2) is 0 Å². The van der Waals surface area contributed by atoms with Crippen molar-refractivity contribution in [2.75, 3.05) is 6.61 Å². The molecule has 0 bridgehead atoms. The Morgan fingerprint density at radius 2 is 1.83 bits per heavy atom. The van der Waals surface area contributed by atoms with Crippen LogP contribution in [-0.2, 0) is 10.3 Å². The van der Waals surface area contributed by atoms with Crippen molar-refractivity contribution in [3.8, 4) is 11.8 Å². The van der Waals surface area contributed by atoms with E-state index in [0.717, 1.165) is 22.9 Å². The maximum atomic E-state index is 12.1. The Morgan fingerprint density at radius 1 is 1.17 bits per heavy atom. The van der Waals surface area contributed by atoms with Crippen molar-refractivity contribution < 1.29 is 9.53 Å². The standard InChI is InChI=1S/C18H15BrN2O2/c19-15-5-3-14(4-6-15)18(9-10-18)21-17(22)12-23-16-7-1-13(11-20)2-8-16/h1-8H,9-10,12H2,(H,21,22). The Morgan fingerprint density at radius 3 is 2.39 bits per heavy atom. The fourth-order valence-corrected chi connectivity index (χ4v) is 2.72. The largest absolute Gasteiger partial charge is 0.484 e. The molecule has 1 aliphatic carbocycles. The molecule has 23 heavy (non-hydrogen) atoms. The highest BCUT2D eigenvalue weighted by atomic mass is 79.9. The number of carbonyl (C=O) groups is 1. The first-order valence-electron chi connectivity index (χ1n) is 7.31. The van der Waals surface area contributed by atoms with E-state index in [2.05, 4.69) is 21.2 Å². The number of amides is 1. The molecule has 1 fully saturated rings. The molecule has 0 radical (unpaired) electrons. The van der Waals surface area contributed by atoms with E-state index < -0.39 is 0 Å². The van der Waals surface area contributed by atoms with Gasteiger partial charge in [-0.2, -0.15) is 5.26 Å². The highest BCUT2D eigenvalue weighted by Gasteiger charge is 2.45. The zero-order valence-corrected chi connectivity index (χ0v) is 14.0. The van der Waals surface area contributed by atoms with Gasteiger partial charge in [-0.3, -0.25) is 4.79 Å². The molecule has 1 amide bonds. The summed E-state index contributed by atoms with van der Waals surface area (Å²) >= 11 is 3.42. The van der Waals surface area contributed by atoms with Gasteiger partial charge in [0, 0.05) is 4.47 Å². The predicted molar refractivity (Wildman–Crippen MR) is 89.8 cm³/mol. The van der Waals surface area contributed by atoms with Crippen molar-refractivity contribution in [3.05, 3.63) is 64.1 Å². The zero-order chi connectivity index (χ0) is 16.3. The van der Waals surface area contributed by atoms with Crippen molar-refractivity contribution in [2.24, 2.45) is 0 Å². The number of nitriles is 1. The molecule has 3 rings (SSSR count). The summed E-state index contributed by atoms with van der Waals surface area (Å²) in [6.45, 7) is -0.0375. The summed E-state index contributed by atoms with van der Waals surface area (Å²) in [5, 5.41) is 11.8. The summed E-state index contributed by atoms with van der Waals surface area (Å²) in [5.41, 5.74) is 1.44. The quantitative estimate of drug-likeness (QED) is 0.875. The van der Waals surface area contributed by atoms with E-state index in [1.165, 1.54) is 0 Å². The lowest BCUT2D eigenvalue weighted by atomic mass is 10.1. The van der Waals surface area contributed by atoms with E-state index in [9.17, 15) is 4.79 Å². The molecule has 2 aromatic carbocycles. The smallest absolute Gasteiger partial charge is 0.258 e. The SMILES string of the molecule is N#Cc1ccc(OCC(=O)NC2(c3ccc(Br)cc3)CC2)cc1. The number of nitrogens with zero attached hydrogens (tertiary/aromatic N) is 1. The minimum Gasteiger partial charge on any atom is -0.484 e. The molecule has 1 saturated carbocycles. The third kappa shape index (κ3) is 3.72. The number of nitrogens with one attached hydrogen (secondary N) is 1. The summed E-state index contributed by atoms with van der Waals surface area (Å²) in [4.78, 5) is 12.1. The normalized spacial score (nSPS) is 14.6. The zero-order valence-electron chi connectivity index (χ0n) is 12.4. The first kappa shape index (κ1) is 15.6. The van der Waals surface area contributed by atoms with Gasteiger partial charge in [-0.1, -0.05) is 28.1 Å². The molecule has 2 aromatic rings. The Hall–Kier alpha value is -2.32. The average Bonchev–Trinajstić information content (AvgIpc) is 3.34. The van der Waals surface area contributed by atoms with Gasteiger partial charge in [0.2, 0.25) is 0 Å². The van der Waals surface area contributed by atoms with E-state index >= 15 is 0 Å². The fraction of sp³-hybridized carbons (Fsp3) is 0.222. The molecular weight excluding hydrogens is 356 g/mol. The minimum atomic E-state index is -0.244. The lowest BCUT2D eigenvalue weighted by Crippen LogP contribution is -2.38. The van der Waals surface area contributed by atoms with Crippen molar-refractivity contribution in [3.63, 3.8) is 0 Å². The number of hydrogen-bond acceptors (Lipinski definition) is 3. The molecule has 0 spiro atoms. The average molecular weight is 371 g/mol. The molecule has 0 atom stereocenters. The number of halogens is 1. The second-order valence-electron chi connectivity index (χ2n) is 5.56. The van der Waals surface area contributed by atoms with Gasteiger partial charge < -0.3 is 10.1 Å². The van der Waals surface area contributed by atoms with E-state index in [1.807, 2.05) is 30.3 Å². The minimum absolute atomic E-state index is 0.0375. The second-order valence-corrected chi connectivity index (χ2v) is 6.48. The second kappa shape index (κ2) is 6.43. The topological polar surface area (TPSA) is 62.1 Å². The summed E-state index contributed by atoms with van der Waals surface area (Å²) < 4.78 is 6.49. The lowest BCUT2D eigenvalue weighted by molar-refractivity contribution is -0.124. The first-order chi connectivity index (χ1) is 11.1. The molecular formula is C18H15BrN2O2. The molecule has 0 saturated heterocycles. The van der Waals surface area contributed by atoms with Crippen LogP contribution in [0.2, 0.25) is 0 Å². The highest BCUT2D eigenvalue weighted by molar-refractivity contribution is 9.10. The van der Waals surface area contributed by atoms with Crippen LogP contribution in [0, 0.1) is 11.3 Å². The lowest BCUT2D eigenvalue weighted by Gasteiger charge is -2.18. The third-order valence-corrected chi connectivity index (χ3v) is 4.41. The Bertz CT molecular complexity index is 744. The number of ether oxygens (including phenoxy) is 1. The van der Waals surface area contributed by atoms with Gasteiger partial charge in [-0.05, 0) is 54.8 Å². The van der Waals surface area contributed by atoms with Gasteiger partial charge in [0.25, 0.3) is 5.91 Å². The summed E-state index contributed by atoms with van der Waals surface area (Å²) in [6, 6.07) is 16.8. The molecule has 5 heteroatoms. The van der Waals surface area contributed by atoms with Crippen LogP contribution in [-0.4, -0.2) is 12.5 Å². The van der Waals surface area contributed by atoms with Crippen LogP contribution in [0.25, 0.3) is 0 Å². The maximum absolute atomic E-state index is 12.1. The van der Waals surface area contributed by atoms with Gasteiger partial charge >= 0.3 is 0 Å². The molecule has 1 aliphatic rings. The Labute approximate surface area is 143 Å². The molecule has 0 aliphatic heterocycles. The van der Waals surface area contributed by atoms with Crippen LogP contribution in [0.1, 0.15) is 24.0 Å². The van der Waals surface area contributed by atoms with Crippen LogP contribution in [0.5, 0.6) is 5.75 Å². The number of carbonyl (C=O) groups excluding carboxylic acids is 1. The van der Waals surface area contributed by atoms with Crippen molar-refractivity contribution in [1.29, 1.82) is 5.26 Å². The molecule has 1 N–H and O–H groups in total. The van der Waals surface area contributed by atoms with E-state index in [0.29, 0.717) is 11.3 Å². The van der Waals surface area contributed by atoms with Crippen LogP contribution in [0.3, 0.4) is 0 Å². The molecule has 4 nitrogen and oxygen atoms in total. The van der Waals surface area contributed by atoms with Gasteiger partial charge in [-0.15, -0.1) is 0 Å². The van der Waals surface area contributed by atoms with Crippen molar-refractivity contribution in [2.45, 2.75) is 18.4 Å². The number of hydrogen-bond donors (Lipinski definition) is 1. The number of benzene rings is 2. The summed E-state index contributed by atoms with van der Waals surface area (Å²) in [6.07, 6.45) is 1.88. The Kier molecular flexibility index (Phi) is 4.35. The Balaban J connectivity index is 1.57. The van der Waals surface area contributed by atoms with Gasteiger partial charge in [0.1, 0.15) is 5.75 Å². The van der Waals surface area contributed by atoms with Crippen LogP contribution in [0.15, 0.2) is 53.0 Å². The summed E-state index contributed by atoms with van der Waals surface area (Å²) in [7, 11) is 0. The molecule has 0 aromatic heterocycles. The molecule has 116 valence electrons. The predicted octanol–water partition coefficient (Wildman–Crippen LogP) is 3.51. The van der Waals surface area contributed by atoms with E-state index in [1.54, 1.807) is 24.3 Å². The van der Waals surface area contributed by atoms with E-state index in [4.69, 9.17) is 10.00 Å². The van der Waals surface area contributed by atoms with Gasteiger partial charge in [0.05, 0.1) is 17.2 Å². The van der Waals surface area contributed by atoms with Crippen LogP contribution in [0.4, 0.5) is 0 Å². The van der Waals surface area contributed by atoms with Crippen molar-refractivity contribution >= 4 is 21.8 Å². The molecule has 0 heterocycles. The van der Waals surface area contributed by atoms with Gasteiger partial charge in [0.15, 0.2) is 6.61 Å². The monoisotopic (exact) mass is 370 g/mol. The highest BCUT2D eigenvalue weighted by Crippen LogP contribution is 2.45. The summed E-state index contributed by atoms with van der Waals surface area (Å²) in [5.74, 6) is 0.433. The third-order valence-electron chi connectivity index (χ3n) is 3.88. The van der Waals surface area contributed by atoms with Crippen LogP contribution < -0.4 is 10.1 Å². The molecule has 0 unspecified atom stereocenters. The van der Waals surface area contributed by atoms with E-state index in [-0.39, 0.29) is 18.1 Å². The fourth-order valence-electron chi connectivity index (χ4n) is 2.46. The number of rotatable bonds is 5. The first-order valence-corrected chi connectivity index (χ1v) is 8.11.